The molecule has 16 heavy (non-hydrogen) atoms. The van der Waals surface area contributed by atoms with Gasteiger partial charge in [0, 0.05) is 37.6 Å². The average molecular weight is 219 g/mol. The number of H-pyrrole nitrogens is 1. The molecule has 0 spiro atoms. The van der Waals surface area contributed by atoms with E-state index in [1.165, 1.54) is 0 Å². The van der Waals surface area contributed by atoms with Crippen molar-refractivity contribution in [3.63, 3.8) is 0 Å². The first-order valence-corrected chi connectivity index (χ1v) is 5.51. The number of imidazole rings is 2. The predicted molar refractivity (Wildman–Crippen MR) is 61.7 cm³/mol. The Balaban J connectivity index is 1.87. The highest BCUT2D eigenvalue weighted by atomic mass is 15.1. The smallest absolute Gasteiger partial charge is 0.106 e. The zero-order valence-electron chi connectivity index (χ0n) is 9.43. The van der Waals surface area contributed by atoms with E-state index < -0.39 is 0 Å². The van der Waals surface area contributed by atoms with Crippen molar-refractivity contribution >= 4 is 0 Å². The zero-order chi connectivity index (χ0) is 11.4. The topological polar surface area (TPSA) is 72.5 Å². The summed E-state index contributed by atoms with van der Waals surface area (Å²) in [7, 11) is 0. The standard InChI is InChI=1S/C11H17N5/c1-9(12)10-7-13-8-16(10)6-2-3-11-14-4-5-15-11/h4-5,7-9H,2-3,6,12H2,1H3,(H,14,15)/t9-/m0/s1. The van der Waals surface area contributed by atoms with E-state index in [0.29, 0.717) is 0 Å². The molecule has 0 amide bonds. The van der Waals surface area contributed by atoms with Gasteiger partial charge in [-0.2, -0.15) is 0 Å². The quantitative estimate of drug-likeness (QED) is 0.795. The fourth-order valence-corrected chi connectivity index (χ4v) is 1.75. The van der Waals surface area contributed by atoms with Crippen molar-refractivity contribution in [1.29, 1.82) is 0 Å². The second-order valence-corrected chi connectivity index (χ2v) is 3.94. The summed E-state index contributed by atoms with van der Waals surface area (Å²) in [5, 5.41) is 0. The van der Waals surface area contributed by atoms with Crippen LogP contribution in [0.5, 0.6) is 0 Å². The minimum absolute atomic E-state index is 0.0334. The number of aryl methyl sites for hydroxylation is 2. The Bertz CT molecular complexity index is 415. The lowest BCUT2D eigenvalue weighted by Gasteiger charge is -2.09. The molecule has 0 saturated carbocycles. The summed E-state index contributed by atoms with van der Waals surface area (Å²) in [6.07, 6.45) is 9.27. The number of aromatic amines is 1. The predicted octanol–water partition coefficient (Wildman–Crippen LogP) is 1.26. The van der Waals surface area contributed by atoms with Crippen LogP contribution in [-0.2, 0) is 13.0 Å². The first kappa shape index (κ1) is 10.9. The highest BCUT2D eigenvalue weighted by molar-refractivity contribution is 5.03. The Hall–Kier alpha value is -1.62. The maximum absolute atomic E-state index is 5.85. The molecule has 0 unspecified atom stereocenters. The van der Waals surface area contributed by atoms with Gasteiger partial charge in [-0.25, -0.2) is 9.97 Å². The molecule has 1 atom stereocenters. The molecule has 0 fully saturated rings. The van der Waals surface area contributed by atoms with Gasteiger partial charge in [0.25, 0.3) is 0 Å². The molecule has 0 aliphatic rings. The van der Waals surface area contributed by atoms with E-state index in [4.69, 9.17) is 5.73 Å². The number of nitrogens with two attached hydrogens (primary N) is 1. The van der Waals surface area contributed by atoms with E-state index in [1.54, 1.807) is 6.20 Å². The molecule has 0 saturated heterocycles. The largest absolute Gasteiger partial charge is 0.349 e. The van der Waals surface area contributed by atoms with Crippen LogP contribution in [0.25, 0.3) is 0 Å². The molecule has 2 heterocycles. The maximum atomic E-state index is 5.85. The van der Waals surface area contributed by atoms with Crippen LogP contribution in [0.1, 0.15) is 30.9 Å². The molecule has 0 aliphatic heterocycles. The van der Waals surface area contributed by atoms with Crippen molar-refractivity contribution < 1.29 is 0 Å². The van der Waals surface area contributed by atoms with Crippen LogP contribution in [0, 0.1) is 0 Å². The molecule has 2 rings (SSSR count). The van der Waals surface area contributed by atoms with Gasteiger partial charge in [0.15, 0.2) is 0 Å². The van der Waals surface area contributed by atoms with Gasteiger partial charge in [0.2, 0.25) is 0 Å². The molecule has 0 radical (unpaired) electrons. The summed E-state index contributed by atoms with van der Waals surface area (Å²) in [6, 6.07) is 0.0334. The Kier molecular flexibility index (Phi) is 3.36. The maximum Gasteiger partial charge on any atom is 0.106 e. The van der Waals surface area contributed by atoms with Crippen LogP contribution in [0.15, 0.2) is 24.9 Å². The molecule has 0 bridgehead atoms. The number of nitrogens with one attached hydrogen (secondary N) is 1. The van der Waals surface area contributed by atoms with E-state index >= 15 is 0 Å². The molecule has 5 heteroatoms. The number of hydrogen-bond acceptors (Lipinski definition) is 3. The Morgan fingerprint density at radius 2 is 2.44 bits per heavy atom. The second kappa shape index (κ2) is 4.94. The number of hydrogen-bond donors (Lipinski definition) is 2. The first-order valence-electron chi connectivity index (χ1n) is 5.51. The summed E-state index contributed by atoms with van der Waals surface area (Å²) < 4.78 is 2.10. The Morgan fingerprint density at radius 1 is 1.56 bits per heavy atom. The van der Waals surface area contributed by atoms with Crippen LogP contribution in [0.4, 0.5) is 0 Å². The fraction of sp³-hybridized carbons (Fsp3) is 0.455. The van der Waals surface area contributed by atoms with Crippen molar-refractivity contribution in [2.24, 2.45) is 5.73 Å². The SMILES string of the molecule is C[C@H](N)c1cncn1CCCc1ncc[nH]1. The van der Waals surface area contributed by atoms with Crippen LogP contribution in [0.3, 0.4) is 0 Å². The molecule has 0 aromatic carbocycles. The normalized spacial score (nSPS) is 12.9. The van der Waals surface area contributed by atoms with E-state index in [-0.39, 0.29) is 6.04 Å². The fourth-order valence-electron chi connectivity index (χ4n) is 1.75. The lowest BCUT2D eigenvalue weighted by Crippen LogP contribution is -2.12. The van der Waals surface area contributed by atoms with Crippen molar-refractivity contribution in [2.45, 2.75) is 32.4 Å². The van der Waals surface area contributed by atoms with Gasteiger partial charge in [-0.3, -0.25) is 0 Å². The summed E-state index contributed by atoms with van der Waals surface area (Å²) >= 11 is 0. The summed E-state index contributed by atoms with van der Waals surface area (Å²) in [5.41, 5.74) is 6.93. The molecule has 2 aromatic rings. The van der Waals surface area contributed by atoms with E-state index in [0.717, 1.165) is 30.9 Å². The highest BCUT2D eigenvalue weighted by Crippen LogP contribution is 2.09. The third-order valence-corrected chi connectivity index (χ3v) is 2.58. The van der Waals surface area contributed by atoms with Gasteiger partial charge in [-0.15, -0.1) is 0 Å². The molecular formula is C11H17N5. The molecule has 3 N–H and O–H groups in total. The van der Waals surface area contributed by atoms with Gasteiger partial charge >= 0.3 is 0 Å². The van der Waals surface area contributed by atoms with Crippen LogP contribution in [0.2, 0.25) is 0 Å². The highest BCUT2D eigenvalue weighted by Gasteiger charge is 2.06. The van der Waals surface area contributed by atoms with Crippen LogP contribution < -0.4 is 5.73 Å². The summed E-state index contributed by atoms with van der Waals surface area (Å²) in [6.45, 7) is 2.90. The van der Waals surface area contributed by atoms with Gasteiger partial charge in [0.05, 0.1) is 12.0 Å². The first-order chi connectivity index (χ1) is 7.77. The molecular weight excluding hydrogens is 202 g/mol. The minimum atomic E-state index is 0.0334. The lowest BCUT2D eigenvalue weighted by atomic mass is 10.2. The van der Waals surface area contributed by atoms with Gasteiger partial charge in [-0.1, -0.05) is 0 Å². The van der Waals surface area contributed by atoms with E-state index in [1.807, 2.05) is 25.6 Å². The van der Waals surface area contributed by atoms with Crippen molar-refractivity contribution in [3.05, 3.63) is 36.4 Å². The number of nitrogens with zero attached hydrogens (tertiary/aromatic N) is 3. The van der Waals surface area contributed by atoms with Gasteiger partial charge < -0.3 is 15.3 Å². The second-order valence-electron chi connectivity index (χ2n) is 3.94. The number of aromatic nitrogens is 4. The molecule has 5 nitrogen and oxygen atoms in total. The Labute approximate surface area is 94.7 Å². The van der Waals surface area contributed by atoms with E-state index in [9.17, 15) is 0 Å². The molecule has 0 aliphatic carbocycles. The average Bonchev–Trinajstić information content (AvgIpc) is 2.87. The lowest BCUT2D eigenvalue weighted by molar-refractivity contribution is 0.586. The van der Waals surface area contributed by atoms with Crippen LogP contribution in [-0.4, -0.2) is 19.5 Å². The molecule has 2 aromatic heterocycles. The summed E-state index contributed by atoms with van der Waals surface area (Å²) in [5.74, 6) is 1.03. The third-order valence-electron chi connectivity index (χ3n) is 2.58. The van der Waals surface area contributed by atoms with Gasteiger partial charge in [0.1, 0.15) is 5.82 Å². The Morgan fingerprint density at radius 3 is 3.12 bits per heavy atom. The number of rotatable bonds is 5. The van der Waals surface area contributed by atoms with Crippen molar-refractivity contribution in [2.75, 3.05) is 0 Å². The molecule has 86 valence electrons. The van der Waals surface area contributed by atoms with Crippen molar-refractivity contribution in [1.82, 2.24) is 19.5 Å². The van der Waals surface area contributed by atoms with Crippen molar-refractivity contribution in [3.8, 4) is 0 Å². The minimum Gasteiger partial charge on any atom is -0.349 e. The van der Waals surface area contributed by atoms with Crippen LogP contribution >= 0.6 is 0 Å². The van der Waals surface area contributed by atoms with E-state index in [2.05, 4.69) is 19.5 Å². The summed E-state index contributed by atoms with van der Waals surface area (Å²) in [4.78, 5) is 11.4. The monoisotopic (exact) mass is 219 g/mol. The third kappa shape index (κ3) is 2.49. The van der Waals surface area contributed by atoms with Gasteiger partial charge in [-0.05, 0) is 13.3 Å². The zero-order valence-corrected chi connectivity index (χ0v) is 9.43.